The van der Waals surface area contributed by atoms with Crippen LogP contribution in [0.3, 0.4) is 0 Å². The lowest BCUT2D eigenvalue weighted by atomic mass is 10.2. The molecular weight excluding hydrogens is 570 g/mol. The molecule has 0 spiro atoms. The maximum absolute atomic E-state index is 13.2. The molecule has 0 atom stereocenters. The first-order valence-corrected chi connectivity index (χ1v) is 14.5. The SMILES string of the molecule is CCCCOC(=O)N1CC=C(c2cnc(CNc3nc(N4CCOCC4)nc4c3ncn4-c3cnn(C(F)F)c3)s2)C1. The molecule has 6 heterocycles. The maximum atomic E-state index is 13.2. The van der Waals surface area contributed by atoms with Crippen molar-refractivity contribution in [2.45, 2.75) is 32.9 Å². The number of carbonyl (C=O) groups excluding carboxylic acids is 1. The van der Waals surface area contributed by atoms with Crippen molar-refractivity contribution in [2.75, 3.05) is 56.2 Å². The molecule has 1 amide bonds. The molecule has 0 aliphatic carbocycles. The second-order valence-electron chi connectivity index (χ2n) is 9.76. The standard InChI is InChI=1S/C26H30F2N10O3S/c1-2-3-8-41-26(39)36-5-4-17(14-36)19-12-29-20(42-19)13-30-22-21-23(34-25(33-22)35-6-9-40-10-7-35)37(16-31-21)18-11-32-38(15-18)24(27)28/h4,11-12,15-16,24H,2-3,5-10,13-14H2,1H3,(H,30,33,34). The van der Waals surface area contributed by atoms with E-state index in [-0.39, 0.29) is 6.09 Å². The van der Waals surface area contributed by atoms with Crippen molar-refractivity contribution in [1.82, 2.24) is 39.2 Å². The fourth-order valence-electron chi connectivity index (χ4n) is 4.63. The molecule has 0 aromatic carbocycles. The third-order valence-corrected chi connectivity index (χ3v) is 8.00. The van der Waals surface area contributed by atoms with Crippen LogP contribution in [-0.2, 0) is 16.0 Å². The minimum Gasteiger partial charge on any atom is -0.449 e. The minimum atomic E-state index is -2.75. The molecule has 6 rings (SSSR count). The molecule has 0 saturated carbocycles. The highest BCUT2D eigenvalue weighted by molar-refractivity contribution is 7.12. The van der Waals surface area contributed by atoms with Gasteiger partial charge >= 0.3 is 12.6 Å². The molecule has 4 aromatic heterocycles. The maximum Gasteiger partial charge on any atom is 0.410 e. The van der Waals surface area contributed by atoms with E-state index in [1.165, 1.54) is 30.1 Å². The number of carbonyl (C=O) groups is 1. The van der Waals surface area contributed by atoms with Gasteiger partial charge in [-0.1, -0.05) is 19.4 Å². The molecule has 1 N–H and O–H groups in total. The highest BCUT2D eigenvalue weighted by Gasteiger charge is 2.24. The summed E-state index contributed by atoms with van der Waals surface area (Å²) in [4.78, 5) is 35.6. The van der Waals surface area contributed by atoms with E-state index in [4.69, 9.17) is 19.4 Å². The van der Waals surface area contributed by atoms with Crippen LogP contribution < -0.4 is 10.2 Å². The summed E-state index contributed by atoms with van der Waals surface area (Å²) >= 11 is 1.53. The summed E-state index contributed by atoms with van der Waals surface area (Å²) in [6.45, 7) is 3.44. The largest absolute Gasteiger partial charge is 0.449 e. The number of imidazole rings is 1. The van der Waals surface area contributed by atoms with E-state index in [0.717, 1.165) is 28.3 Å². The number of unbranched alkanes of at least 4 members (excludes halogenated alkanes) is 1. The van der Waals surface area contributed by atoms with Crippen LogP contribution in [0.1, 0.15) is 36.2 Å². The molecule has 16 heteroatoms. The van der Waals surface area contributed by atoms with Gasteiger partial charge in [-0.3, -0.25) is 4.57 Å². The summed E-state index contributed by atoms with van der Waals surface area (Å²) in [5, 5.41) is 7.92. The quantitative estimate of drug-likeness (QED) is 0.267. The summed E-state index contributed by atoms with van der Waals surface area (Å²) in [5.41, 5.74) is 2.40. The van der Waals surface area contributed by atoms with Crippen LogP contribution in [0, 0.1) is 0 Å². The van der Waals surface area contributed by atoms with E-state index in [1.807, 2.05) is 17.2 Å². The monoisotopic (exact) mass is 600 g/mol. The number of ether oxygens (including phenoxy) is 2. The first kappa shape index (κ1) is 28.0. The van der Waals surface area contributed by atoms with Crippen molar-refractivity contribution in [2.24, 2.45) is 0 Å². The average Bonchev–Trinajstić information content (AvgIpc) is 3.82. The van der Waals surface area contributed by atoms with Crippen LogP contribution >= 0.6 is 11.3 Å². The second-order valence-corrected chi connectivity index (χ2v) is 10.9. The first-order chi connectivity index (χ1) is 20.5. The van der Waals surface area contributed by atoms with E-state index in [9.17, 15) is 13.6 Å². The molecule has 1 fully saturated rings. The Kier molecular flexibility index (Phi) is 8.23. The Morgan fingerprint density at radius 1 is 1.21 bits per heavy atom. The zero-order chi connectivity index (χ0) is 29.1. The zero-order valence-corrected chi connectivity index (χ0v) is 23.8. The number of hydrogen-bond donors (Lipinski definition) is 1. The van der Waals surface area contributed by atoms with Gasteiger partial charge in [-0.25, -0.2) is 19.4 Å². The predicted molar refractivity (Wildman–Crippen MR) is 152 cm³/mol. The smallest absolute Gasteiger partial charge is 0.410 e. The Bertz CT molecular complexity index is 1580. The number of alkyl halides is 2. The summed E-state index contributed by atoms with van der Waals surface area (Å²) < 4.78 is 39.4. The molecular formula is C26H30F2N10O3S. The van der Waals surface area contributed by atoms with Crippen molar-refractivity contribution < 1.29 is 23.0 Å². The van der Waals surface area contributed by atoms with E-state index < -0.39 is 6.55 Å². The van der Waals surface area contributed by atoms with Gasteiger partial charge < -0.3 is 24.6 Å². The number of nitrogens with one attached hydrogen (secondary N) is 1. The molecule has 0 unspecified atom stereocenters. The number of halogens is 2. The third kappa shape index (κ3) is 5.90. The van der Waals surface area contributed by atoms with E-state index in [1.54, 1.807) is 9.47 Å². The van der Waals surface area contributed by atoms with Crippen LogP contribution in [0.4, 0.5) is 25.3 Å². The Balaban J connectivity index is 1.20. The normalized spacial score (nSPS) is 15.6. The van der Waals surface area contributed by atoms with Gasteiger partial charge in [-0.05, 0) is 12.0 Å². The Hall–Kier alpha value is -4.18. The molecule has 2 aliphatic rings. The van der Waals surface area contributed by atoms with Crippen molar-refractivity contribution in [3.05, 3.63) is 40.9 Å². The topological polar surface area (TPSA) is 128 Å². The number of hydrogen-bond acceptors (Lipinski definition) is 11. The van der Waals surface area contributed by atoms with Gasteiger partial charge in [-0.15, -0.1) is 11.3 Å². The number of thiazole rings is 1. The zero-order valence-electron chi connectivity index (χ0n) is 22.9. The fraction of sp³-hybridized carbons (Fsp3) is 0.462. The average molecular weight is 601 g/mol. The van der Waals surface area contributed by atoms with E-state index in [2.05, 4.69) is 27.3 Å². The summed E-state index contributed by atoms with van der Waals surface area (Å²) in [7, 11) is 0. The number of anilines is 2. The Morgan fingerprint density at radius 3 is 2.86 bits per heavy atom. The van der Waals surface area contributed by atoms with Gasteiger partial charge in [0.2, 0.25) is 5.95 Å². The number of rotatable bonds is 10. The van der Waals surface area contributed by atoms with Gasteiger partial charge in [-0.2, -0.15) is 23.8 Å². The van der Waals surface area contributed by atoms with Crippen LogP contribution in [0.25, 0.3) is 22.4 Å². The van der Waals surface area contributed by atoms with E-state index in [0.29, 0.717) is 85.8 Å². The molecule has 0 bridgehead atoms. The first-order valence-electron chi connectivity index (χ1n) is 13.7. The molecule has 222 valence electrons. The highest BCUT2D eigenvalue weighted by atomic mass is 32.1. The molecule has 1 saturated heterocycles. The lowest BCUT2D eigenvalue weighted by Crippen LogP contribution is -2.37. The second kappa shape index (κ2) is 12.4. The van der Waals surface area contributed by atoms with Crippen LogP contribution in [0.15, 0.2) is 31.0 Å². The van der Waals surface area contributed by atoms with Crippen molar-refractivity contribution in [3.8, 4) is 5.69 Å². The molecule has 13 nitrogen and oxygen atoms in total. The number of aromatic nitrogens is 7. The van der Waals surface area contributed by atoms with Crippen LogP contribution in [0.5, 0.6) is 0 Å². The lowest BCUT2D eigenvalue weighted by molar-refractivity contribution is 0.0566. The lowest BCUT2D eigenvalue weighted by Gasteiger charge is -2.27. The summed E-state index contributed by atoms with van der Waals surface area (Å²) in [5.74, 6) is 0.984. The van der Waals surface area contributed by atoms with Crippen LogP contribution in [-0.4, -0.2) is 91.3 Å². The van der Waals surface area contributed by atoms with Gasteiger partial charge in [0, 0.05) is 25.8 Å². The fourth-order valence-corrected chi connectivity index (χ4v) is 5.52. The Labute approximate surface area is 243 Å². The molecule has 2 aliphatic heterocycles. The van der Waals surface area contributed by atoms with Crippen LogP contribution in [0.2, 0.25) is 0 Å². The van der Waals surface area contributed by atoms with Gasteiger partial charge in [0.1, 0.15) is 11.3 Å². The summed E-state index contributed by atoms with van der Waals surface area (Å²) in [6.07, 6.45) is 9.47. The molecule has 4 aromatic rings. The van der Waals surface area contributed by atoms with Gasteiger partial charge in [0.15, 0.2) is 17.0 Å². The molecule has 0 radical (unpaired) electrons. The van der Waals surface area contributed by atoms with Crippen molar-refractivity contribution >= 4 is 45.9 Å². The molecule has 42 heavy (non-hydrogen) atoms. The number of amides is 1. The summed E-state index contributed by atoms with van der Waals surface area (Å²) in [6, 6.07) is 0. The highest BCUT2D eigenvalue weighted by Crippen LogP contribution is 2.29. The van der Waals surface area contributed by atoms with Crippen molar-refractivity contribution in [1.29, 1.82) is 0 Å². The van der Waals surface area contributed by atoms with Gasteiger partial charge in [0.05, 0.1) is 55.9 Å². The number of nitrogens with zero attached hydrogens (tertiary/aromatic N) is 9. The number of fused-ring (bicyclic) bond motifs is 1. The van der Waals surface area contributed by atoms with Gasteiger partial charge in [0.25, 0.3) is 0 Å². The van der Waals surface area contributed by atoms with E-state index >= 15 is 0 Å². The minimum absolute atomic E-state index is 0.300. The number of morpholine rings is 1. The third-order valence-electron chi connectivity index (χ3n) is 6.92. The van der Waals surface area contributed by atoms with Crippen molar-refractivity contribution in [3.63, 3.8) is 0 Å². The predicted octanol–water partition coefficient (Wildman–Crippen LogP) is 3.95. The Morgan fingerprint density at radius 2 is 2.07 bits per heavy atom.